The maximum absolute atomic E-state index is 12.3. The Balaban J connectivity index is 1.36. The van der Waals surface area contributed by atoms with E-state index in [1.165, 1.54) is 11.8 Å². The molecule has 1 aromatic heterocycles. The van der Waals surface area contributed by atoms with Crippen LogP contribution >= 0.6 is 0 Å². The monoisotopic (exact) mass is 411 g/mol. The number of nitrogens with zero attached hydrogens (tertiary/aromatic N) is 1. The van der Waals surface area contributed by atoms with Crippen molar-refractivity contribution < 1.29 is 9.53 Å². The molecule has 0 fully saturated rings. The van der Waals surface area contributed by atoms with Crippen LogP contribution in [-0.2, 0) is 6.61 Å². The van der Waals surface area contributed by atoms with Crippen molar-refractivity contribution in [1.82, 2.24) is 10.4 Å². The van der Waals surface area contributed by atoms with Gasteiger partial charge in [0, 0.05) is 11.1 Å². The predicted octanol–water partition coefficient (Wildman–Crippen LogP) is 4.18. The standard InChI is InChI=1S/C25H21N3O3/c1-17-6-8-18(9-7-17)16-31-22-12-10-19(11-13-22)25(30)28-26-15-21-14-20-4-2-3-5-23(20)27-24(21)29/h2-15H,16H2,1H3,(H,27,29)(H,28,30). The highest BCUT2D eigenvalue weighted by Gasteiger charge is 2.05. The lowest BCUT2D eigenvalue weighted by Gasteiger charge is -2.07. The molecule has 0 spiro atoms. The van der Waals surface area contributed by atoms with E-state index >= 15 is 0 Å². The first-order valence-corrected chi connectivity index (χ1v) is 9.82. The second-order valence-electron chi connectivity index (χ2n) is 7.14. The van der Waals surface area contributed by atoms with Crippen LogP contribution in [0.2, 0.25) is 0 Å². The third kappa shape index (κ3) is 5.05. The number of hydrogen-bond acceptors (Lipinski definition) is 4. The minimum atomic E-state index is -0.376. The molecule has 0 saturated heterocycles. The second kappa shape index (κ2) is 9.09. The van der Waals surface area contributed by atoms with E-state index in [0.29, 0.717) is 23.5 Å². The van der Waals surface area contributed by atoms with Crippen molar-refractivity contribution in [3.8, 4) is 5.75 Å². The van der Waals surface area contributed by atoms with Crippen molar-refractivity contribution in [3.05, 3.63) is 111 Å². The zero-order chi connectivity index (χ0) is 21.6. The maximum Gasteiger partial charge on any atom is 0.271 e. The average molecular weight is 411 g/mol. The second-order valence-corrected chi connectivity index (χ2v) is 7.14. The molecule has 0 atom stereocenters. The molecule has 0 bridgehead atoms. The molecule has 6 heteroatoms. The SMILES string of the molecule is Cc1ccc(COc2ccc(C(=O)NN=Cc3cc4ccccc4[nH]c3=O)cc2)cc1. The summed E-state index contributed by atoms with van der Waals surface area (Å²) in [5, 5.41) is 4.80. The van der Waals surface area contributed by atoms with Gasteiger partial charge >= 0.3 is 0 Å². The zero-order valence-electron chi connectivity index (χ0n) is 17.0. The number of hydrogen-bond donors (Lipinski definition) is 2. The number of amides is 1. The Kier molecular flexibility index (Phi) is 5.89. The fourth-order valence-electron chi connectivity index (χ4n) is 3.04. The number of aromatic amines is 1. The number of aromatic nitrogens is 1. The van der Waals surface area contributed by atoms with Crippen LogP contribution in [0.25, 0.3) is 10.9 Å². The van der Waals surface area contributed by atoms with Gasteiger partial charge in [-0.05, 0) is 54.3 Å². The lowest BCUT2D eigenvalue weighted by atomic mass is 10.2. The molecule has 2 N–H and O–H groups in total. The summed E-state index contributed by atoms with van der Waals surface area (Å²) in [5.74, 6) is 0.293. The van der Waals surface area contributed by atoms with Crippen LogP contribution in [-0.4, -0.2) is 17.1 Å². The van der Waals surface area contributed by atoms with Crippen LogP contribution in [0.1, 0.15) is 27.0 Å². The van der Waals surface area contributed by atoms with E-state index in [0.717, 1.165) is 16.5 Å². The van der Waals surface area contributed by atoms with Crippen LogP contribution in [0.15, 0.2) is 88.8 Å². The van der Waals surface area contributed by atoms with E-state index in [1.807, 2.05) is 55.5 Å². The summed E-state index contributed by atoms with van der Waals surface area (Å²) >= 11 is 0. The molecule has 4 aromatic rings. The molecule has 31 heavy (non-hydrogen) atoms. The molecule has 154 valence electrons. The largest absolute Gasteiger partial charge is 0.489 e. The van der Waals surface area contributed by atoms with Crippen LogP contribution in [0.3, 0.4) is 0 Å². The number of H-pyrrole nitrogens is 1. The average Bonchev–Trinajstić information content (AvgIpc) is 2.79. The smallest absolute Gasteiger partial charge is 0.271 e. The number of ether oxygens (including phenoxy) is 1. The number of aryl methyl sites for hydroxylation is 1. The summed E-state index contributed by atoms with van der Waals surface area (Å²) in [7, 11) is 0. The Hall–Kier alpha value is -4.19. The van der Waals surface area contributed by atoms with Crippen molar-refractivity contribution in [3.63, 3.8) is 0 Å². The summed E-state index contributed by atoms with van der Waals surface area (Å²) in [6.07, 6.45) is 1.34. The predicted molar refractivity (Wildman–Crippen MR) is 122 cm³/mol. The number of benzene rings is 3. The van der Waals surface area contributed by atoms with Crippen molar-refractivity contribution >= 4 is 23.0 Å². The van der Waals surface area contributed by atoms with Gasteiger partial charge < -0.3 is 9.72 Å². The Morgan fingerprint density at radius 1 is 1.03 bits per heavy atom. The quantitative estimate of drug-likeness (QED) is 0.369. The summed E-state index contributed by atoms with van der Waals surface area (Å²) in [4.78, 5) is 27.2. The molecule has 1 amide bonds. The lowest BCUT2D eigenvalue weighted by molar-refractivity contribution is 0.0955. The minimum absolute atomic E-state index is 0.272. The zero-order valence-corrected chi connectivity index (χ0v) is 17.0. The van der Waals surface area contributed by atoms with Crippen LogP contribution in [0, 0.1) is 6.92 Å². The summed E-state index contributed by atoms with van der Waals surface area (Å²) in [6.45, 7) is 2.49. The van der Waals surface area contributed by atoms with E-state index in [-0.39, 0.29) is 11.5 Å². The fraction of sp³-hybridized carbons (Fsp3) is 0.0800. The highest BCUT2D eigenvalue weighted by atomic mass is 16.5. The first-order valence-electron chi connectivity index (χ1n) is 9.82. The van der Waals surface area contributed by atoms with Gasteiger partial charge in [-0.15, -0.1) is 0 Å². The van der Waals surface area contributed by atoms with E-state index < -0.39 is 0 Å². The van der Waals surface area contributed by atoms with Gasteiger partial charge in [-0.2, -0.15) is 5.10 Å². The molecule has 3 aromatic carbocycles. The number of carbonyl (C=O) groups excluding carboxylic acids is 1. The van der Waals surface area contributed by atoms with Crippen molar-refractivity contribution in [2.24, 2.45) is 5.10 Å². The van der Waals surface area contributed by atoms with E-state index in [1.54, 1.807) is 30.3 Å². The molecule has 0 aliphatic carbocycles. The van der Waals surface area contributed by atoms with Gasteiger partial charge in [0.2, 0.25) is 0 Å². The van der Waals surface area contributed by atoms with Crippen molar-refractivity contribution in [1.29, 1.82) is 0 Å². The number of carbonyl (C=O) groups is 1. The summed E-state index contributed by atoms with van der Waals surface area (Å²) in [5.41, 5.74) is 5.99. The molecule has 6 nitrogen and oxygen atoms in total. The highest BCUT2D eigenvalue weighted by molar-refractivity contribution is 5.95. The van der Waals surface area contributed by atoms with Crippen LogP contribution in [0.5, 0.6) is 5.75 Å². The fourth-order valence-corrected chi connectivity index (χ4v) is 3.04. The number of pyridine rings is 1. The van der Waals surface area contributed by atoms with Crippen LogP contribution in [0.4, 0.5) is 0 Å². The Morgan fingerprint density at radius 2 is 1.77 bits per heavy atom. The van der Waals surface area contributed by atoms with E-state index in [9.17, 15) is 9.59 Å². The number of nitrogens with one attached hydrogen (secondary N) is 2. The topological polar surface area (TPSA) is 83.5 Å². The first kappa shape index (κ1) is 20.1. The highest BCUT2D eigenvalue weighted by Crippen LogP contribution is 2.15. The van der Waals surface area contributed by atoms with Gasteiger partial charge in [-0.1, -0.05) is 48.0 Å². The first-order chi connectivity index (χ1) is 15.1. The molecule has 0 saturated carbocycles. The third-order valence-electron chi connectivity index (χ3n) is 4.79. The molecule has 0 aliphatic rings. The maximum atomic E-state index is 12.3. The Morgan fingerprint density at radius 3 is 2.55 bits per heavy atom. The minimum Gasteiger partial charge on any atom is -0.489 e. The molecule has 4 rings (SSSR count). The molecule has 0 radical (unpaired) electrons. The normalized spacial score (nSPS) is 11.0. The van der Waals surface area contributed by atoms with Crippen molar-refractivity contribution in [2.75, 3.05) is 0 Å². The third-order valence-corrected chi connectivity index (χ3v) is 4.79. The van der Waals surface area contributed by atoms with Gasteiger partial charge in [0.1, 0.15) is 12.4 Å². The van der Waals surface area contributed by atoms with Gasteiger partial charge in [0.15, 0.2) is 0 Å². The summed E-state index contributed by atoms with van der Waals surface area (Å²) in [6, 6.07) is 24.1. The Labute approximate surface area is 179 Å². The van der Waals surface area contributed by atoms with E-state index in [2.05, 4.69) is 15.5 Å². The lowest BCUT2D eigenvalue weighted by Crippen LogP contribution is -2.19. The molecular formula is C25H21N3O3. The molecular weight excluding hydrogens is 390 g/mol. The van der Waals surface area contributed by atoms with Gasteiger partial charge in [-0.3, -0.25) is 9.59 Å². The Bertz CT molecular complexity index is 1290. The van der Waals surface area contributed by atoms with Crippen LogP contribution < -0.4 is 15.7 Å². The molecule has 0 aliphatic heterocycles. The number of fused-ring (bicyclic) bond motifs is 1. The number of para-hydroxylation sites is 1. The van der Waals surface area contributed by atoms with Gasteiger partial charge in [0.25, 0.3) is 11.5 Å². The molecule has 0 unspecified atom stereocenters. The summed E-state index contributed by atoms with van der Waals surface area (Å²) < 4.78 is 5.75. The van der Waals surface area contributed by atoms with E-state index in [4.69, 9.17) is 4.74 Å². The number of hydrazone groups is 1. The van der Waals surface area contributed by atoms with Gasteiger partial charge in [-0.25, -0.2) is 5.43 Å². The van der Waals surface area contributed by atoms with Gasteiger partial charge in [0.05, 0.1) is 11.8 Å². The molecule has 1 heterocycles. The number of rotatable bonds is 6. The van der Waals surface area contributed by atoms with Crippen molar-refractivity contribution in [2.45, 2.75) is 13.5 Å².